The molecular weight excluding hydrogens is 358 g/mol. The third-order valence-corrected chi connectivity index (χ3v) is 5.67. The van der Waals surface area contributed by atoms with Crippen LogP contribution in [0, 0.1) is 12.0 Å². The molecule has 0 bridgehead atoms. The molecule has 1 fully saturated rings. The molecule has 2 N–H and O–H groups in total. The van der Waals surface area contributed by atoms with Gasteiger partial charge in [-0.2, -0.15) is 0 Å². The molecule has 0 saturated carbocycles. The number of hydrogen-bond acceptors (Lipinski definition) is 4. The zero-order valence-corrected chi connectivity index (χ0v) is 16.1. The SMILES string of the molecule is CN1CCC(CNc2[c]cnc3ccc(-c4ccc(O)c(Cl)c4)cc23)CC1. The summed E-state index contributed by atoms with van der Waals surface area (Å²) in [6.07, 6.45) is 4.18. The molecule has 139 valence electrons. The van der Waals surface area contributed by atoms with E-state index in [0.29, 0.717) is 10.9 Å². The lowest BCUT2D eigenvalue weighted by Crippen LogP contribution is -2.32. The number of nitrogens with zero attached hydrogens (tertiary/aromatic N) is 2. The van der Waals surface area contributed by atoms with Gasteiger partial charge in [0, 0.05) is 24.2 Å². The van der Waals surface area contributed by atoms with E-state index in [4.69, 9.17) is 11.6 Å². The third-order valence-electron chi connectivity index (χ3n) is 5.37. The summed E-state index contributed by atoms with van der Waals surface area (Å²) in [6.45, 7) is 3.29. The topological polar surface area (TPSA) is 48.4 Å². The maximum absolute atomic E-state index is 9.66. The van der Waals surface area contributed by atoms with Crippen molar-refractivity contribution in [2.24, 2.45) is 5.92 Å². The Morgan fingerprint density at radius 2 is 1.93 bits per heavy atom. The number of nitrogens with one attached hydrogen (secondary N) is 1. The summed E-state index contributed by atoms with van der Waals surface area (Å²) in [6, 6.07) is 14.7. The zero-order chi connectivity index (χ0) is 18.8. The van der Waals surface area contributed by atoms with Gasteiger partial charge in [-0.1, -0.05) is 23.7 Å². The van der Waals surface area contributed by atoms with E-state index in [1.165, 1.54) is 25.9 Å². The first-order valence-electron chi connectivity index (χ1n) is 9.32. The number of rotatable bonds is 4. The molecule has 0 aliphatic carbocycles. The van der Waals surface area contributed by atoms with Gasteiger partial charge in [0.1, 0.15) is 5.75 Å². The average molecular weight is 381 g/mol. The van der Waals surface area contributed by atoms with Gasteiger partial charge in [-0.15, -0.1) is 0 Å². The molecule has 0 atom stereocenters. The van der Waals surface area contributed by atoms with Crippen LogP contribution in [0.5, 0.6) is 5.75 Å². The number of phenols is 1. The summed E-state index contributed by atoms with van der Waals surface area (Å²) >= 11 is 6.07. The second kappa shape index (κ2) is 7.75. The highest BCUT2D eigenvalue weighted by Gasteiger charge is 2.16. The summed E-state index contributed by atoms with van der Waals surface area (Å²) in [5.74, 6) is 0.786. The Labute approximate surface area is 164 Å². The number of phenolic OH excluding ortho intramolecular Hbond substituents is 1. The number of anilines is 1. The standard InChI is InChI=1S/C22H23ClN3O/c1-26-10-7-15(8-11-26)14-25-21-6-9-24-20-4-2-16(12-18(20)21)17-3-5-22(27)19(23)13-17/h2-5,9,12-13,15,27H,7-8,10-11,14H2,1H3,(H,24,25). The number of piperidine rings is 1. The first-order chi connectivity index (χ1) is 13.1. The number of pyridine rings is 1. The Morgan fingerprint density at radius 3 is 2.70 bits per heavy atom. The second-order valence-corrected chi connectivity index (χ2v) is 7.71. The van der Waals surface area contributed by atoms with E-state index in [1.54, 1.807) is 18.3 Å². The molecule has 1 aliphatic rings. The van der Waals surface area contributed by atoms with Crippen LogP contribution in [0.2, 0.25) is 5.02 Å². The fourth-order valence-electron chi connectivity index (χ4n) is 3.62. The molecule has 1 aliphatic heterocycles. The predicted octanol–water partition coefficient (Wildman–Crippen LogP) is 4.81. The minimum Gasteiger partial charge on any atom is -0.506 e. The zero-order valence-electron chi connectivity index (χ0n) is 15.4. The molecule has 0 unspecified atom stereocenters. The minimum absolute atomic E-state index is 0.0942. The van der Waals surface area contributed by atoms with Crippen molar-refractivity contribution < 1.29 is 5.11 Å². The van der Waals surface area contributed by atoms with Crippen molar-refractivity contribution in [2.45, 2.75) is 12.8 Å². The third kappa shape index (κ3) is 4.02. The molecule has 27 heavy (non-hydrogen) atoms. The maximum Gasteiger partial charge on any atom is 0.134 e. The van der Waals surface area contributed by atoms with Crippen molar-refractivity contribution in [3.05, 3.63) is 53.7 Å². The summed E-state index contributed by atoms with van der Waals surface area (Å²) in [5.41, 5.74) is 3.93. The van der Waals surface area contributed by atoms with Gasteiger partial charge in [0.15, 0.2) is 0 Å². The fraction of sp³-hybridized carbons (Fsp3) is 0.318. The number of aromatic hydroxyl groups is 1. The molecule has 0 amide bonds. The Kier molecular flexibility index (Phi) is 5.19. The van der Waals surface area contributed by atoms with Crippen LogP contribution < -0.4 is 5.32 Å². The van der Waals surface area contributed by atoms with E-state index in [1.807, 2.05) is 18.2 Å². The van der Waals surface area contributed by atoms with Crippen molar-refractivity contribution in [2.75, 3.05) is 32.0 Å². The highest BCUT2D eigenvalue weighted by molar-refractivity contribution is 6.32. The summed E-state index contributed by atoms with van der Waals surface area (Å²) in [4.78, 5) is 6.83. The first-order valence-corrected chi connectivity index (χ1v) is 9.70. The lowest BCUT2D eigenvalue weighted by atomic mass is 9.97. The van der Waals surface area contributed by atoms with Crippen LogP contribution in [-0.2, 0) is 0 Å². The Morgan fingerprint density at radius 1 is 1.19 bits per heavy atom. The molecule has 1 radical (unpaired) electrons. The van der Waals surface area contributed by atoms with Crippen LogP contribution in [0.15, 0.2) is 42.6 Å². The lowest BCUT2D eigenvalue weighted by molar-refractivity contribution is 0.226. The lowest BCUT2D eigenvalue weighted by Gasteiger charge is -2.29. The van der Waals surface area contributed by atoms with E-state index in [-0.39, 0.29) is 5.75 Å². The molecule has 0 spiro atoms. The van der Waals surface area contributed by atoms with Crippen molar-refractivity contribution in [1.82, 2.24) is 9.88 Å². The first kappa shape index (κ1) is 18.1. The quantitative estimate of drug-likeness (QED) is 0.681. The number of fused-ring (bicyclic) bond motifs is 1. The maximum atomic E-state index is 9.66. The molecule has 3 aromatic rings. The van der Waals surface area contributed by atoms with Crippen molar-refractivity contribution in [1.29, 1.82) is 0 Å². The Bertz CT molecular complexity index is 951. The van der Waals surface area contributed by atoms with E-state index in [0.717, 1.165) is 34.3 Å². The smallest absolute Gasteiger partial charge is 0.134 e. The number of likely N-dealkylation sites (tertiary alicyclic amines) is 1. The van der Waals surface area contributed by atoms with Gasteiger partial charge in [0.05, 0.1) is 16.2 Å². The van der Waals surface area contributed by atoms with Gasteiger partial charge in [0.2, 0.25) is 0 Å². The van der Waals surface area contributed by atoms with Crippen LogP contribution in [-0.4, -0.2) is 41.7 Å². The molecule has 2 aromatic carbocycles. The predicted molar refractivity (Wildman–Crippen MR) is 111 cm³/mol. The van der Waals surface area contributed by atoms with Crippen molar-refractivity contribution >= 4 is 28.2 Å². The van der Waals surface area contributed by atoms with Crippen LogP contribution in [0.3, 0.4) is 0 Å². The van der Waals surface area contributed by atoms with Crippen molar-refractivity contribution in [3.8, 4) is 16.9 Å². The Balaban J connectivity index is 1.60. The normalized spacial score (nSPS) is 15.9. The fourth-order valence-corrected chi connectivity index (χ4v) is 3.80. The van der Waals surface area contributed by atoms with Gasteiger partial charge in [-0.3, -0.25) is 4.98 Å². The Hall–Kier alpha value is -2.30. The van der Waals surface area contributed by atoms with E-state index >= 15 is 0 Å². The van der Waals surface area contributed by atoms with E-state index in [9.17, 15) is 5.11 Å². The van der Waals surface area contributed by atoms with Gasteiger partial charge in [0.25, 0.3) is 0 Å². The molecule has 5 heteroatoms. The van der Waals surface area contributed by atoms with Crippen LogP contribution >= 0.6 is 11.6 Å². The summed E-state index contributed by atoms with van der Waals surface area (Å²) in [7, 11) is 2.19. The molecule has 1 aromatic heterocycles. The molecule has 4 nitrogen and oxygen atoms in total. The summed E-state index contributed by atoms with van der Waals surface area (Å²) < 4.78 is 0. The highest BCUT2D eigenvalue weighted by atomic mass is 35.5. The van der Waals surface area contributed by atoms with Gasteiger partial charge < -0.3 is 15.3 Å². The monoisotopic (exact) mass is 380 g/mol. The van der Waals surface area contributed by atoms with E-state index < -0.39 is 0 Å². The van der Waals surface area contributed by atoms with Gasteiger partial charge in [-0.05, 0) is 74.3 Å². The second-order valence-electron chi connectivity index (χ2n) is 7.30. The van der Waals surface area contributed by atoms with Gasteiger partial charge in [-0.25, -0.2) is 0 Å². The van der Waals surface area contributed by atoms with Crippen LogP contribution in [0.1, 0.15) is 12.8 Å². The van der Waals surface area contributed by atoms with Gasteiger partial charge >= 0.3 is 0 Å². The number of halogens is 1. The van der Waals surface area contributed by atoms with Crippen molar-refractivity contribution in [3.63, 3.8) is 0 Å². The molecular formula is C22H23ClN3O. The molecule has 1 saturated heterocycles. The molecule has 2 heterocycles. The van der Waals surface area contributed by atoms with Crippen LogP contribution in [0.25, 0.3) is 22.0 Å². The minimum atomic E-state index is 0.0942. The largest absolute Gasteiger partial charge is 0.506 e. The molecule has 4 rings (SSSR count). The number of benzene rings is 2. The number of aromatic nitrogens is 1. The highest BCUT2D eigenvalue weighted by Crippen LogP contribution is 2.32. The van der Waals surface area contributed by atoms with Crippen LogP contribution in [0.4, 0.5) is 5.69 Å². The summed E-state index contributed by atoms with van der Waals surface area (Å²) in [5, 5.41) is 14.6. The average Bonchev–Trinajstić information content (AvgIpc) is 2.69. The van der Waals surface area contributed by atoms with E-state index in [2.05, 4.69) is 34.4 Å². The number of hydrogen-bond donors (Lipinski definition) is 2.